The van der Waals surface area contributed by atoms with Crippen LogP contribution >= 0.6 is 0 Å². The fraction of sp³-hybridized carbons (Fsp3) is 0.565. The number of nitrogens with one attached hydrogen (secondary N) is 1. The number of rotatable bonds is 5. The van der Waals surface area contributed by atoms with E-state index >= 15 is 0 Å². The normalized spacial score (nSPS) is 23.6. The molecule has 1 amide bonds. The number of amides is 1. The van der Waals surface area contributed by atoms with Crippen LogP contribution in [0.4, 0.5) is 0 Å². The van der Waals surface area contributed by atoms with E-state index in [9.17, 15) is 4.79 Å². The van der Waals surface area contributed by atoms with E-state index in [0.29, 0.717) is 18.0 Å². The maximum absolute atomic E-state index is 12.2. The van der Waals surface area contributed by atoms with Gasteiger partial charge < -0.3 is 15.0 Å². The van der Waals surface area contributed by atoms with Crippen LogP contribution < -0.4 is 5.32 Å². The lowest BCUT2D eigenvalue weighted by molar-refractivity contribution is -0.135. The van der Waals surface area contributed by atoms with E-state index in [4.69, 9.17) is 4.74 Å². The number of benzene rings is 1. The largest absolute Gasteiger partial charge is 0.379 e. The Kier molecular flexibility index (Phi) is 5.93. The van der Waals surface area contributed by atoms with Gasteiger partial charge in [-0.2, -0.15) is 0 Å². The van der Waals surface area contributed by atoms with Crippen LogP contribution in [0.15, 0.2) is 36.5 Å². The Morgan fingerprint density at radius 1 is 1.21 bits per heavy atom. The molecule has 0 unspecified atom stereocenters. The van der Waals surface area contributed by atoms with E-state index in [-0.39, 0.29) is 11.8 Å². The number of ether oxygens (including phenoxy) is 1. The second-order valence-corrected chi connectivity index (χ2v) is 8.52. The molecule has 2 aromatic rings. The quantitative estimate of drug-likeness (QED) is 0.865. The van der Waals surface area contributed by atoms with Crippen LogP contribution in [0.5, 0.6) is 0 Å². The minimum absolute atomic E-state index is 0.0901. The smallest absolute Gasteiger partial charge is 0.225 e. The molecule has 1 aromatic carbocycles. The van der Waals surface area contributed by atoms with Crippen molar-refractivity contribution >= 4 is 16.8 Å². The molecule has 5 nitrogen and oxygen atoms in total. The van der Waals surface area contributed by atoms with Gasteiger partial charge in [0.2, 0.25) is 5.91 Å². The highest BCUT2D eigenvalue weighted by Crippen LogP contribution is 2.25. The third kappa shape index (κ3) is 4.20. The Labute approximate surface area is 167 Å². The van der Waals surface area contributed by atoms with Crippen molar-refractivity contribution in [3.05, 3.63) is 42.1 Å². The maximum atomic E-state index is 12.2. The Bertz CT molecular complexity index is 809. The summed E-state index contributed by atoms with van der Waals surface area (Å²) in [5.74, 6) is 0.846. The second kappa shape index (κ2) is 8.58. The number of carbonyl (C=O) groups is 1. The molecule has 0 radical (unpaired) electrons. The number of pyridine rings is 1. The van der Waals surface area contributed by atoms with Gasteiger partial charge >= 0.3 is 0 Å². The first kappa shape index (κ1) is 19.3. The topological polar surface area (TPSA) is 54.5 Å². The van der Waals surface area contributed by atoms with Crippen molar-refractivity contribution in [2.24, 2.45) is 11.8 Å². The van der Waals surface area contributed by atoms with E-state index in [2.05, 4.69) is 34.6 Å². The number of fused-ring (bicyclic) bond motifs is 1. The molecule has 0 aliphatic carbocycles. The van der Waals surface area contributed by atoms with Crippen molar-refractivity contribution in [1.82, 2.24) is 15.2 Å². The minimum Gasteiger partial charge on any atom is -0.379 e. The predicted octanol–water partition coefficient (Wildman–Crippen LogP) is 3.03. The molecule has 2 aliphatic rings. The van der Waals surface area contributed by atoms with Crippen LogP contribution in [0.25, 0.3) is 10.9 Å². The summed E-state index contributed by atoms with van der Waals surface area (Å²) in [6.45, 7) is 7.27. The highest BCUT2D eigenvalue weighted by molar-refractivity contribution is 5.81. The number of aromatic nitrogens is 1. The molecular formula is C23H31N3O2. The van der Waals surface area contributed by atoms with Gasteiger partial charge in [-0.3, -0.25) is 9.78 Å². The van der Waals surface area contributed by atoms with Crippen molar-refractivity contribution in [2.45, 2.75) is 45.2 Å². The van der Waals surface area contributed by atoms with Gasteiger partial charge in [-0.15, -0.1) is 0 Å². The molecule has 3 heterocycles. The van der Waals surface area contributed by atoms with E-state index in [0.717, 1.165) is 51.1 Å². The lowest BCUT2D eigenvalue weighted by Crippen LogP contribution is -2.50. The average molecular weight is 382 g/mol. The minimum atomic E-state index is 0.0901. The first-order valence-electron chi connectivity index (χ1n) is 10.6. The number of likely N-dealkylation sites (tertiary alicyclic amines) is 1. The monoisotopic (exact) mass is 381 g/mol. The molecular weight excluding hydrogens is 350 g/mol. The molecule has 28 heavy (non-hydrogen) atoms. The highest BCUT2D eigenvalue weighted by atomic mass is 16.5. The number of hydrogen-bond donors (Lipinski definition) is 1. The first-order valence-corrected chi connectivity index (χ1v) is 10.6. The van der Waals surface area contributed by atoms with Gasteiger partial charge in [-0.25, -0.2) is 0 Å². The van der Waals surface area contributed by atoms with Crippen LogP contribution in [0.2, 0.25) is 0 Å². The van der Waals surface area contributed by atoms with Gasteiger partial charge in [0.1, 0.15) is 0 Å². The zero-order valence-electron chi connectivity index (χ0n) is 16.9. The molecule has 150 valence electrons. The molecule has 2 atom stereocenters. The summed E-state index contributed by atoms with van der Waals surface area (Å²) < 4.78 is 5.84. The standard InChI is InChI=1S/C23H31N3O2/c1-16(2)23(27)26-11-8-19(9-12-26)25-22-15-28-14-18(22)13-17-7-10-24-21-6-4-3-5-20(17)21/h3-7,10,16,18-19,22,25H,8-9,11-15H2,1-2H3/t18-,22-/m1/s1. The van der Waals surface area contributed by atoms with Crippen molar-refractivity contribution in [3.63, 3.8) is 0 Å². The number of para-hydroxylation sites is 1. The van der Waals surface area contributed by atoms with Crippen LogP contribution in [-0.2, 0) is 16.0 Å². The fourth-order valence-electron chi connectivity index (χ4n) is 4.53. The van der Waals surface area contributed by atoms with Gasteiger partial charge in [0.25, 0.3) is 0 Å². The number of piperidine rings is 1. The van der Waals surface area contributed by atoms with E-state index in [1.807, 2.05) is 31.0 Å². The van der Waals surface area contributed by atoms with Gasteiger partial charge in [-0.1, -0.05) is 32.0 Å². The summed E-state index contributed by atoms with van der Waals surface area (Å²) in [5, 5.41) is 5.09. The Morgan fingerprint density at radius 2 is 2.00 bits per heavy atom. The number of nitrogens with zero attached hydrogens (tertiary/aromatic N) is 2. The lowest BCUT2D eigenvalue weighted by Gasteiger charge is -2.35. The van der Waals surface area contributed by atoms with Crippen molar-refractivity contribution < 1.29 is 9.53 Å². The summed E-state index contributed by atoms with van der Waals surface area (Å²) >= 11 is 0. The van der Waals surface area contributed by atoms with Crippen LogP contribution in [0, 0.1) is 11.8 Å². The Hall–Kier alpha value is -1.98. The molecule has 2 saturated heterocycles. The van der Waals surface area contributed by atoms with Crippen LogP contribution in [-0.4, -0.2) is 54.2 Å². The molecule has 0 saturated carbocycles. The molecule has 2 aliphatic heterocycles. The third-order valence-corrected chi connectivity index (χ3v) is 6.17. The SMILES string of the molecule is CC(C)C(=O)N1CCC(N[C@@H]2COC[C@H]2Cc2ccnc3ccccc23)CC1. The molecule has 0 bridgehead atoms. The molecule has 5 heteroatoms. The fourth-order valence-corrected chi connectivity index (χ4v) is 4.53. The highest BCUT2D eigenvalue weighted by Gasteiger charge is 2.32. The van der Waals surface area contributed by atoms with Gasteiger partial charge in [-0.05, 0) is 37.0 Å². The third-order valence-electron chi connectivity index (χ3n) is 6.17. The maximum Gasteiger partial charge on any atom is 0.225 e. The van der Waals surface area contributed by atoms with Gasteiger partial charge in [0.15, 0.2) is 0 Å². The molecule has 0 spiro atoms. The predicted molar refractivity (Wildman–Crippen MR) is 111 cm³/mol. The van der Waals surface area contributed by atoms with Gasteiger partial charge in [0.05, 0.1) is 18.7 Å². The van der Waals surface area contributed by atoms with Gasteiger partial charge in [0, 0.05) is 48.6 Å². The first-order chi connectivity index (χ1) is 13.6. The average Bonchev–Trinajstić information content (AvgIpc) is 3.15. The molecule has 2 fully saturated rings. The zero-order chi connectivity index (χ0) is 19.5. The Morgan fingerprint density at radius 3 is 2.79 bits per heavy atom. The summed E-state index contributed by atoms with van der Waals surface area (Å²) in [7, 11) is 0. The summed E-state index contributed by atoms with van der Waals surface area (Å²) in [6, 6.07) is 11.4. The molecule has 1 N–H and O–H groups in total. The summed E-state index contributed by atoms with van der Waals surface area (Å²) in [4.78, 5) is 18.7. The van der Waals surface area contributed by atoms with E-state index in [1.54, 1.807) is 0 Å². The zero-order valence-corrected chi connectivity index (χ0v) is 16.9. The second-order valence-electron chi connectivity index (χ2n) is 8.52. The Balaban J connectivity index is 1.36. The number of hydrogen-bond acceptors (Lipinski definition) is 4. The van der Waals surface area contributed by atoms with E-state index < -0.39 is 0 Å². The van der Waals surface area contributed by atoms with Crippen LogP contribution in [0.1, 0.15) is 32.3 Å². The summed E-state index contributed by atoms with van der Waals surface area (Å²) in [5.41, 5.74) is 2.41. The number of carbonyl (C=O) groups excluding carboxylic acids is 1. The van der Waals surface area contributed by atoms with Crippen molar-refractivity contribution in [3.8, 4) is 0 Å². The van der Waals surface area contributed by atoms with Crippen molar-refractivity contribution in [1.29, 1.82) is 0 Å². The van der Waals surface area contributed by atoms with E-state index in [1.165, 1.54) is 10.9 Å². The van der Waals surface area contributed by atoms with Crippen LogP contribution in [0.3, 0.4) is 0 Å². The molecule has 4 rings (SSSR count). The van der Waals surface area contributed by atoms with Crippen molar-refractivity contribution in [2.75, 3.05) is 26.3 Å². The molecule has 1 aromatic heterocycles. The lowest BCUT2D eigenvalue weighted by atomic mass is 9.92. The summed E-state index contributed by atoms with van der Waals surface area (Å²) in [6.07, 6.45) is 4.97.